The lowest BCUT2D eigenvalue weighted by Gasteiger charge is -2.18. The molecule has 0 radical (unpaired) electrons. The number of hydrogen-bond donors (Lipinski definition) is 0. The van der Waals surface area contributed by atoms with Crippen molar-refractivity contribution in [3.63, 3.8) is 0 Å². The van der Waals surface area contributed by atoms with E-state index in [9.17, 15) is 0 Å². The molecule has 0 N–H and O–H groups in total. The van der Waals surface area contributed by atoms with E-state index in [0.29, 0.717) is 17.5 Å². The average Bonchev–Trinajstić information content (AvgIpc) is 3.29. The van der Waals surface area contributed by atoms with Crippen molar-refractivity contribution in [2.75, 3.05) is 0 Å². The van der Waals surface area contributed by atoms with Crippen molar-refractivity contribution >= 4 is 21.5 Å². The Labute approximate surface area is 326 Å². The van der Waals surface area contributed by atoms with E-state index in [1.807, 2.05) is 12.1 Å². The second-order valence-electron chi connectivity index (χ2n) is 14.0. The molecular formula is C53H35N3. The predicted octanol–water partition coefficient (Wildman–Crippen LogP) is 13.8. The van der Waals surface area contributed by atoms with E-state index < -0.39 is 0 Å². The van der Waals surface area contributed by atoms with Crippen LogP contribution in [0.5, 0.6) is 0 Å². The summed E-state index contributed by atoms with van der Waals surface area (Å²) in [7, 11) is 0. The molecule has 9 aromatic carbocycles. The van der Waals surface area contributed by atoms with E-state index >= 15 is 0 Å². The summed E-state index contributed by atoms with van der Waals surface area (Å²) >= 11 is 0. The maximum Gasteiger partial charge on any atom is 0.165 e. The van der Waals surface area contributed by atoms with Crippen molar-refractivity contribution in [3.8, 4) is 78.7 Å². The van der Waals surface area contributed by atoms with Crippen molar-refractivity contribution in [2.24, 2.45) is 0 Å². The summed E-state index contributed by atoms with van der Waals surface area (Å²) in [5.41, 5.74) is 12.2. The molecule has 3 heteroatoms. The van der Waals surface area contributed by atoms with Gasteiger partial charge in [0.25, 0.3) is 0 Å². The van der Waals surface area contributed by atoms with Gasteiger partial charge in [0.15, 0.2) is 17.5 Å². The Morgan fingerprint density at radius 3 is 0.786 bits per heavy atom. The molecule has 10 rings (SSSR count). The van der Waals surface area contributed by atoms with Crippen LogP contribution >= 0.6 is 0 Å². The molecule has 1 heterocycles. The maximum absolute atomic E-state index is 5.29. The van der Waals surface area contributed by atoms with Crippen molar-refractivity contribution < 1.29 is 0 Å². The molecule has 0 unspecified atom stereocenters. The number of fused-ring (bicyclic) bond motifs is 2. The summed E-state index contributed by atoms with van der Waals surface area (Å²) in [4.78, 5) is 15.7. The van der Waals surface area contributed by atoms with E-state index in [2.05, 4.69) is 200 Å². The van der Waals surface area contributed by atoms with Gasteiger partial charge >= 0.3 is 0 Å². The molecule has 262 valence electrons. The summed E-state index contributed by atoms with van der Waals surface area (Å²) in [6.07, 6.45) is 0. The number of rotatable bonds is 7. The standard InChI is InChI=1S/C53H35N3/c1-4-14-36(15-5-1)39-24-30-42(31-25-39)49-45-20-10-12-22-47(45)50(48-23-13-11-21-46(48)49)53-55-51(43-32-26-40(27-33-43)37-16-6-2-7-17-37)54-52(56-53)44-34-28-41(29-35-44)38-18-8-3-9-19-38/h1-35H. The molecule has 10 aromatic rings. The molecular weight excluding hydrogens is 679 g/mol. The first kappa shape index (κ1) is 33.1. The van der Waals surface area contributed by atoms with Crippen molar-refractivity contribution in [1.29, 1.82) is 0 Å². The number of aromatic nitrogens is 3. The fourth-order valence-corrected chi connectivity index (χ4v) is 7.77. The van der Waals surface area contributed by atoms with E-state index in [0.717, 1.165) is 54.9 Å². The Bertz CT molecular complexity index is 2800. The van der Waals surface area contributed by atoms with Gasteiger partial charge in [0.05, 0.1) is 0 Å². The molecule has 1 aromatic heterocycles. The third-order valence-electron chi connectivity index (χ3n) is 10.6. The summed E-state index contributed by atoms with van der Waals surface area (Å²) in [5.74, 6) is 1.90. The Morgan fingerprint density at radius 1 is 0.179 bits per heavy atom. The number of hydrogen-bond acceptors (Lipinski definition) is 3. The van der Waals surface area contributed by atoms with Gasteiger partial charge in [0.1, 0.15) is 0 Å². The van der Waals surface area contributed by atoms with Gasteiger partial charge in [-0.3, -0.25) is 0 Å². The highest BCUT2D eigenvalue weighted by atomic mass is 15.0. The van der Waals surface area contributed by atoms with E-state index in [4.69, 9.17) is 15.0 Å². The SMILES string of the molecule is c1ccc(-c2ccc(-c3nc(-c4ccc(-c5ccccc5)cc4)nc(-c4c5ccccc5c(-c5ccc(-c6ccccc6)cc5)c5ccccc45)n3)cc2)cc1. The first-order valence-corrected chi connectivity index (χ1v) is 18.9. The second-order valence-corrected chi connectivity index (χ2v) is 14.0. The van der Waals surface area contributed by atoms with E-state index in [1.54, 1.807) is 0 Å². The molecule has 0 saturated carbocycles. The number of nitrogens with zero attached hydrogens (tertiary/aromatic N) is 3. The molecule has 0 atom stereocenters. The monoisotopic (exact) mass is 713 g/mol. The Balaban J connectivity index is 1.16. The van der Waals surface area contributed by atoms with Crippen LogP contribution in [-0.2, 0) is 0 Å². The van der Waals surface area contributed by atoms with Gasteiger partial charge in [-0.05, 0) is 66.1 Å². The Morgan fingerprint density at radius 2 is 0.429 bits per heavy atom. The van der Waals surface area contributed by atoms with Crippen LogP contribution in [0.3, 0.4) is 0 Å². The zero-order chi connectivity index (χ0) is 37.3. The highest BCUT2D eigenvalue weighted by Gasteiger charge is 2.21. The Hall–Kier alpha value is -7.49. The van der Waals surface area contributed by atoms with Crippen LogP contribution in [0.2, 0.25) is 0 Å². The van der Waals surface area contributed by atoms with E-state index in [1.165, 1.54) is 27.8 Å². The highest BCUT2D eigenvalue weighted by molar-refractivity contribution is 6.20. The fourth-order valence-electron chi connectivity index (χ4n) is 7.77. The smallest absolute Gasteiger partial charge is 0.165 e. The fraction of sp³-hybridized carbons (Fsp3) is 0. The third-order valence-corrected chi connectivity index (χ3v) is 10.6. The minimum Gasteiger partial charge on any atom is -0.208 e. The topological polar surface area (TPSA) is 38.7 Å². The first-order chi connectivity index (χ1) is 27.8. The van der Waals surface area contributed by atoms with Gasteiger partial charge in [-0.15, -0.1) is 0 Å². The van der Waals surface area contributed by atoms with Crippen molar-refractivity contribution in [2.45, 2.75) is 0 Å². The molecule has 0 aliphatic carbocycles. The van der Waals surface area contributed by atoms with Crippen LogP contribution < -0.4 is 0 Å². The average molecular weight is 714 g/mol. The highest BCUT2D eigenvalue weighted by Crippen LogP contribution is 2.43. The third kappa shape index (κ3) is 6.21. The lowest BCUT2D eigenvalue weighted by Crippen LogP contribution is -2.01. The predicted molar refractivity (Wildman–Crippen MR) is 233 cm³/mol. The lowest BCUT2D eigenvalue weighted by atomic mass is 9.87. The zero-order valence-electron chi connectivity index (χ0n) is 30.5. The normalized spacial score (nSPS) is 11.2. The molecule has 0 saturated heterocycles. The lowest BCUT2D eigenvalue weighted by molar-refractivity contribution is 1.08. The molecule has 0 bridgehead atoms. The summed E-state index contributed by atoms with van der Waals surface area (Å²) < 4.78 is 0. The van der Waals surface area contributed by atoms with Gasteiger partial charge in [-0.1, -0.05) is 212 Å². The molecule has 0 aliphatic rings. The van der Waals surface area contributed by atoms with Gasteiger partial charge in [-0.2, -0.15) is 0 Å². The van der Waals surface area contributed by atoms with Crippen molar-refractivity contribution in [3.05, 3.63) is 212 Å². The number of benzene rings is 9. The van der Waals surface area contributed by atoms with Gasteiger partial charge in [0, 0.05) is 16.7 Å². The van der Waals surface area contributed by atoms with Crippen LogP contribution in [0.1, 0.15) is 0 Å². The van der Waals surface area contributed by atoms with Crippen LogP contribution in [0.4, 0.5) is 0 Å². The largest absolute Gasteiger partial charge is 0.208 e. The molecule has 0 fully saturated rings. The van der Waals surface area contributed by atoms with Crippen LogP contribution in [0.15, 0.2) is 212 Å². The van der Waals surface area contributed by atoms with Gasteiger partial charge < -0.3 is 0 Å². The van der Waals surface area contributed by atoms with Crippen LogP contribution in [0.25, 0.3) is 100 Å². The maximum atomic E-state index is 5.29. The van der Waals surface area contributed by atoms with Gasteiger partial charge in [-0.25, -0.2) is 15.0 Å². The molecule has 3 nitrogen and oxygen atoms in total. The van der Waals surface area contributed by atoms with Crippen molar-refractivity contribution in [1.82, 2.24) is 15.0 Å². The van der Waals surface area contributed by atoms with Crippen LogP contribution in [0, 0.1) is 0 Å². The second kappa shape index (κ2) is 14.4. The minimum atomic E-state index is 0.630. The van der Waals surface area contributed by atoms with Gasteiger partial charge in [0.2, 0.25) is 0 Å². The Kier molecular flexibility index (Phi) is 8.51. The quantitative estimate of drug-likeness (QED) is 0.154. The van der Waals surface area contributed by atoms with E-state index in [-0.39, 0.29) is 0 Å². The first-order valence-electron chi connectivity index (χ1n) is 18.9. The summed E-state index contributed by atoms with van der Waals surface area (Å²) in [5, 5.41) is 4.48. The minimum absolute atomic E-state index is 0.630. The summed E-state index contributed by atoms with van der Waals surface area (Å²) in [6.45, 7) is 0. The summed E-state index contributed by atoms with van der Waals surface area (Å²) in [6, 6.07) is 74.7. The molecule has 0 spiro atoms. The molecule has 0 aliphatic heterocycles. The molecule has 0 amide bonds. The zero-order valence-corrected chi connectivity index (χ0v) is 30.5. The molecule has 56 heavy (non-hydrogen) atoms. The van der Waals surface area contributed by atoms with Crippen LogP contribution in [-0.4, -0.2) is 15.0 Å².